The first-order valence-electron chi connectivity index (χ1n) is 8.77. The topological polar surface area (TPSA) is 144 Å². The standard InChI is InChI=1S/C20H13N5O4S2/c21-16(26)15-19(24-17(27)13-5-6-30-9-13)31-20(23-15)22-14-4-3-10-7-12(18(28)25-29)2-1-11(10)8-14/h1-9H,(H2,21,26)(H,22,23)(H,24,27). The van der Waals surface area contributed by atoms with Gasteiger partial charge in [-0.15, -0.1) is 4.91 Å². The van der Waals surface area contributed by atoms with Gasteiger partial charge >= 0.3 is 5.91 Å². The molecule has 2 aromatic carbocycles. The van der Waals surface area contributed by atoms with E-state index < -0.39 is 11.8 Å². The second-order valence-electron chi connectivity index (χ2n) is 6.33. The largest absolute Gasteiger partial charge is 0.364 e. The fourth-order valence-electron chi connectivity index (χ4n) is 2.83. The molecule has 4 aromatic rings. The fourth-order valence-corrected chi connectivity index (χ4v) is 4.35. The van der Waals surface area contributed by atoms with Crippen molar-refractivity contribution in [2.45, 2.75) is 0 Å². The number of carbonyl (C=O) groups is 3. The van der Waals surface area contributed by atoms with Crippen molar-refractivity contribution < 1.29 is 14.4 Å². The monoisotopic (exact) mass is 451 g/mol. The summed E-state index contributed by atoms with van der Waals surface area (Å²) in [6.07, 6.45) is 0. The zero-order valence-electron chi connectivity index (χ0n) is 15.6. The van der Waals surface area contributed by atoms with Crippen LogP contribution in [0.4, 0.5) is 15.8 Å². The summed E-state index contributed by atoms with van der Waals surface area (Å²) in [5.74, 6) is -1.95. The van der Waals surface area contributed by atoms with Crippen LogP contribution >= 0.6 is 22.7 Å². The van der Waals surface area contributed by atoms with E-state index in [4.69, 9.17) is 5.73 Å². The minimum atomic E-state index is -0.831. The summed E-state index contributed by atoms with van der Waals surface area (Å²) in [6.45, 7) is 0. The van der Waals surface area contributed by atoms with E-state index in [1.54, 1.807) is 41.1 Å². The van der Waals surface area contributed by atoms with Crippen molar-refractivity contribution >= 4 is 67.0 Å². The number of thiophene rings is 1. The Kier molecular flexibility index (Phi) is 5.52. The van der Waals surface area contributed by atoms with Gasteiger partial charge in [-0.05, 0) is 46.5 Å². The average molecular weight is 451 g/mol. The lowest BCUT2D eigenvalue weighted by molar-refractivity contribution is 0.0990. The molecule has 4 rings (SSSR count). The van der Waals surface area contributed by atoms with Crippen molar-refractivity contribution in [1.82, 2.24) is 4.98 Å². The second-order valence-corrected chi connectivity index (χ2v) is 8.10. The predicted octanol–water partition coefficient (Wildman–Crippen LogP) is 4.36. The molecule has 11 heteroatoms. The second kappa shape index (κ2) is 8.42. The van der Waals surface area contributed by atoms with Gasteiger partial charge in [0.25, 0.3) is 11.8 Å². The number of carbonyl (C=O) groups excluding carboxylic acids is 3. The maximum Gasteiger partial charge on any atom is 0.316 e. The number of aromatic nitrogens is 1. The number of amides is 3. The lowest BCUT2D eigenvalue weighted by Gasteiger charge is -2.05. The van der Waals surface area contributed by atoms with E-state index in [9.17, 15) is 19.3 Å². The molecule has 2 aromatic heterocycles. The highest BCUT2D eigenvalue weighted by atomic mass is 32.1. The van der Waals surface area contributed by atoms with Crippen molar-refractivity contribution in [2.24, 2.45) is 10.9 Å². The first-order valence-corrected chi connectivity index (χ1v) is 10.5. The van der Waals surface area contributed by atoms with Crippen LogP contribution in [-0.4, -0.2) is 22.7 Å². The summed E-state index contributed by atoms with van der Waals surface area (Å²) < 4.78 is 0. The first kappa shape index (κ1) is 20.3. The minimum absolute atomic E-state index is 0.0404. The van der Waals surface area contributed by atoms with Gasteiger partial charge in [0.15, 0.2) is 10.8 Å². The van der Waals surface area contributed by atoms with Crippen LogP contribution in [0.2, 0.25) is 0 Å². The molecule has 0 saturated carbocycles. The van der Waals surface area contributed by atoms with Gasteiger partial charge in [-0.25, -0.2) is 4.98 Å². The number of nitroso groups, excluding NO2 is 1. The maximum atomic E-state index is 12.3. The number of nitrogens with zero attached hydrogens (tertiary/aromatic N) is 2. The van der Waals surface area contributed by atoms with Gasteiger partial charge in [-0.1, -0.05) is 23.5 Å². The van der Waals surface area contributed by atoms with Crippen molar-refractivity contribution in [3.63, 3.8) is 0 Å². The molecule has 0 radical (unpaired) electrons. The summed E-state index contributed by atoms with van der Waals surface area (Å²) in [5, 5.41) is 13.8. The van der Waals surface area contributed by atoms with E-state index >= 15 is 0 Å². The van der Waals surface area contributed by atoms with E-state index in [1.165, 1.54) is 17.4 Å². The first-order chi connectivity index (χ1) is 14.9. The molecule has 154 valence electrons. The Bertz CT molecular complexity index is 1330. The lowest BCUT2D eigenvalue weighted by Crippen LogP contribution is -2.17. The van der Waals surface area contributed by atoms with Gasteiger partial charge in [0.1, 0.15) is 5.00 Å². The van der Waals surface area contributed by atoms with Crippen molar-refractivity contribution in [2.75, 3.05) is 10.6 Å². The van der Waals surface area contributed by atoms with Crippen LogP contribution in [0.3, 0.4) is 0 Å². The van der Waals surface area contributed by atoms with E-state index in [1.807, 2.05) is 6.07 Å². The van der Waals surface area contributed by atoms with Crippen LogP contribution in [0, 0.1) is 4.91 Å². The molecule has 2 heterocycles. The molecule has 0 bridgehead atoms. The molecule has 0 saturated heterocycles. The van der Waals surface area contributed by atoms with Crippen molar-refractivity contribution in [3.05, 3.63) is 75.0 Å². The highest BCUT2D eigenvalue weighted by molar-refractivity contribution is 7.20. The normalized spacial score (nSPS) is 10.6. The van der Waals surface area contributed by atoms with Crippen LogP contribution < -0.4 is 16.4 Å². The molecule has 0 aliphatic carbocycles. The molecule has 3 amide bonds. The molecule has 0 aliphatic rings. The number of rotatable bonds is 6. The number of nitrogens with one attached hydrogen (secondary N) is 2. The summed E-state index contributed by atoms with van der Waals surface area (Å²) >= 11 is 2.46. The number of anilines is 3. The summed E-state index contributed by atoms with van der Waals surface area (Å²) in [7, 11) is 0. The Morgan fingerprint density at radius 2 is 1.77 bits per heavy atom. The number of nitrogens with two attached hydrogens (primary N) is 1. The van der Waals surface area contributed by atoms with Gasteiger partial charge in [0.05, 0.1) is 5.56 Å². The fraction of sp³-hybridized carbons (Fsp3) is 0. The van der Waals surface area contributed by atoms with Gasteiger partial charge < -0.3 is 16.4 Å². The molecule has 0 unspecified atom stereocenters. The van der Waals surface area contributed by atoms with Crippen LogP contribution in [-0.2, 0) is 0 Å². The molecule has 4 N–H and O–H groups in total. The Hall–Kier alpha value is -3.96. The van der Waals surface area contributed by atoms with Gasteiger partial charge in [0, 0.05) is 21.8 Å². The number of hydrogen-bond donors (Lipinski definition) is 3. The Morgan fingerprint density at radius 1 is 1.00 bits per heavy atom. The molecule has 0 spiro atoms. The molecular weight excluding hydrogens is 438 g/mol. The third-order valence-electron chi connectivity index (χ3n) is 4.29. The zero-order valence-corrected chi connectivity index (χ0v) is 17.3. The molecule has 9 nitrogen and oxygen atoms in total. The minimum Gasteiger partial charge on any atom is -0.364 e. The Balaban J connectivity index is 1.59. The molecule has 0 fully saturated rings. The summed E-state index contributed by atoms with van der Waals surface area (Å²) in [5.41, 5.74) is 6.72. The van der Waals surface area contributed by atoms with E-state index in [2.05, 4.69) is 20.8 Å². The zero-order chi connectivity index (χ0) is 22.0. The predicted molar refractivity (Wildman–Crippen MR) is 120 cm³/mol. The number of hydrogen-bond acceptors (Lipinski definition) is 8. The van der Waals surface area contributed by atoms with Gasteiger partial charge in [-0.2, -0.15) is 11.3 Å². The third-order valence-corrected chi connectivity index (χ3v) is 5.86. The number of primary amides is 1. The van der Waals surface area contributed by atoms with Crippen molar-refractivity contribution in [3.8, 4) is 0 Å². The maximum absolute atomic E-state index is 12.3. The SMILES string of the molecule is NC(=O)c1nc(Nc2ccc3cc(C(=O)N=O)ccc3c2)sc1NC(=O)c1ccsc1. The van der Waals surface area contributed by atoms with Crippen LogP contribution in [0.15, 0.2) is 58.4 Å². The van der Waals surface area contributed by atoms with E-state index in [0.29, 0.717) is 16.4 Å². The number of fused-ring (bicyclic) bond motifs is 1. The Morgan fingerprint density at radius 3 is 2.48 bits per heavy atom. The molecule has 0 aliphatic heterocycles. The van der Waals surface area contributed by atoms with Crippen LogP contribution in [0.25, 0.3) is 10.8 Å². The highest BCUT2D eigenvalue weighted by Gasteiger charge is 2.19. The molecule has 0 atom stereocenters. The van der Waals surface area contributed by atoms with Crippen LogP contribution in [0.5, 0.6) is 0 Å². The lowest BCUT2D eigenvalue weighted by atomic mass is 10.1. The third kappa shape index (κ3) is 4.32. The molecule has 31 heavy (non-hydrogen) atoms. The summed E-state index contributed by atoms with van der Waals surface area (Å²) in [4.78, 5) is 50.2. The summed E-state index contributed by atoms with van der Waals surface area (Å²) in [6, 6.07) is 11.8. The van der Waals surface area contributed by atoms with Crippen LogP contribution in [0.1, 0.15) is 31.2 Å². The van der Waals surface area contributed by atoms with Crippen molar-refractivity contribution in [1.29, 1.82) is 0 Å². The van der Waals surface area contributed by atoms with Gasteiger partial charge in [-0.3, -0.25) is 14.4 Å². The number of thiazole rings is 1. The molecular formula is C20H13N5O4S2. The van der Waals surface area contributed by atoms with E-state index in [-0.39, 0.29) is 22.2 Å². The highest BCUT2D eigenvalue weighted by Crippen LogP contribution is 2.32. The van der Waals surface area contributed by atoms with E-state index in [0.717, 1.165) is 22.1 Å². The van der Waals surface area contributed by atoms with Gasteiger partial charge in [0.2, 0.25) is 0 Å². The number of benzene rings is 2. The smallest absolute Gasteiger partial charge is 0.316 e. The quantitative estimate of drug-likeness (QED) is 0.372. The Labute approximate surface area is 182 Å². The average Bonchev–Trinajstić information content (AvgIpc) is 3.43.